The second-order valence-electron chi connectivity index (χ2n) is 3.00. The van der Waals surface area contributed by atoms with Gasteiger partial charge in [-0.15, -0.1) is 0 Å². The molecule has 0 aromatic rings. The van der Waals surface area contributed by atoms with Gasteiger partial charge in [-0.1, -0.05) is 0 Å². The van der Waals surface area contributed by atoms with E-state index in [2.05, 4.69) is 4.74 Å². The normalized spacial score (nSPS) is 27.8. The summed E-state index contributed by atoms with van der Waals surface area (Å²) in [7, 11) is 0. The first-order valence-corrected chi connectivity index (χ1v) is 3.37. The molecule has 1 aliphatic heterocycles. The second kappa shape index (κ2) is 2.53. The monoisotopic (exact) mass is 158 g/mol. The highest BCUT2D eigenvalue weighted by Crippen LogP contribution is 2.27. The topological polar surface area (TPSA) is 52.6 Å². The van der Waals surface area contributed by atoms with Crippen molar-refractivity contribution < 1.29 is 19.1 Å². The van der Waals surface area contributed by atoms with Gasteiger partial charge in [0.2, 0.25) is 0 Å². The summed E-state index contributed by atoms with van der Waals surface area (Å²) in [5.41, 5.74) is -0.669. The van der Waals surface area contributed by atoms with Gasteiger partial charge in [0.1, 0.15) is 5.60 Å². The molecule has 0 bridgehead atoms. The van der Waals surface area contributed by atoms with Crippen molar-refractivity contribution in [3.8, 4) is 0 Å². The number of carbonyl (C=O) groups is 2. The van der Waals surface area contributed by atoms with Crippen LogP contribution in [-0.2, 0) is 19.1 Å². The molecule has 0 N–H and O–H groups in total. The highest BCUT2D eigenvalue weighted by Gasteiger charge is 2.43. The van der Waals surface area contributed by atoms with Crippen LogP contribution in [0.2, 0.25) is 0 Å². The molecule has 4 nitrogen and oxygen atoms in total. The molecule has 1 atom stereocenters. The van der Waals surface area contributed by atoms with Crippen molar-refractivity contribution in [3.05, 3.63) is 0 Å². The Morgan fingerprint density at radius 1 is 1.73 bits per heavy atom. The van der Waals surface area contributed by atoms with Gasteiger partial charge in [-0.3, -0.25) is 9.59 Å². The average molecular weight is 158 g/mol. The molecule has 11 heavy (non-hydrogen) atoms. The molecule has 1 rings (SSSR count). The van der Waals surface area contributed by atoms with Gasteiger partial charge < -0.3 is 9.47 Å². The first-order valence-electron chi connectivity index (χ1n) is 3.37. The quantitative estimate of drug-likeness (QED) is 0.427. The molecular weight excluding hydrogens is 148 g/mol. The lowest BCUT2D eigenvalue weighted by Crippen LogP contribution is -2.33. The van der Waals surface area contributed by atoms with Crippen LogP contribution in [0.15, 0.2) is 0 Å². The fraction of sp³-hybridized carbons (Fsp3) is 0.714. The SMILES string of the molecule is CC1(C)OC(=O)CC1OC=O. The molecule has 0 aliphatic carbocycles. The van der Waals surface area contributed by atoms with Gasteiger partial charge in [-0.2, -0.15) is 0 Å². The fourth-order valence-electron chi connectivity index (χ4n) is 1.08. The van der Waals surface area contributed by atoms with Crippen LogP contribution < -0.4 is 0 Å². The molecule has 1 fully saturated rings. The zero-order chi connectivity index (χ0) is 8.48. The summed E-state index contributed by atoms with van der Waals surface area (Å²) >= 11 is 0. The van der Waals surface area contributed by atoms with Gasteiger partial charge in [0, 0.05) is 0 Å². The summed E-state index contributed by atoms with van der Waals surface area (Å²) in [6.45, 7) is 3.77. The molecule has 0 aromatic carbocycles. The van der Waals surface area contributed by atoms with Crippen LogP contribution in [0.5, 0.6) is 0 Å². The number of rotatable bonds is 2. The van der Waals surface area contributed by atoms with E-state index in [0.717, 1.165) is 0 Å². The molecule has 62 valence electrons. The van der Waals surface area contributed by atoms with Gasteiger partial charge in [-0.25, -0.2) is 0 Å². The zero-order valence-corrected chi connectivity index (χ0v) is 6.49. The third-order valence-corrected chi connectivity index (χ3v) is 1.72. The minimum atomic E-state index is -0.669. The lowest BCUT2D eigenvalue weighted by molar-refractivity contribution is -0.152. The van der Waals surface area contributed by atoms with E-state index in [1.54, 1.807) is 13.8 Å². The van der Waals surface area contributed by atoms with Gasteiger partial charge >= 0.3 is 5.97 Å². The van der Waals surface area contributed by atoms with Crippen LogP contribution in [0, 0.1) is 0 Å². The van der Waals surface area contributed by atoms with Gasteiger partial charge in [0.05, 0.1) is 6.42 Å². The Hall–Kier alpha value is -1.06. The number of carbonyl (C=O) groups excluding carboxylic acids is 2. The summed E-state index contributed by atoms with van der Waals surface area (Å²) in [6, 6.07) is 0. The number of ether oxygens (including phenoxy) is 2. The van der Waals surface area contributed by atoms with E-state index < -0.39 is 11.7 Å². The van der Waals surface area contributed by atoms with E-state index >= 15 is 0 Å². The van der Waals surface area contributed by atoms with Gasteiger partial charge in [0.25, 0.3) is 6.47 Å². The number of hydrogen-bond acceptors (Lipinski definition) is 4. The van der Waals surface area contributed by atoms with Crippen LogP contribution in [0.1, 0.15) is 20.3 Å². The minimum Gasteiger partial charge on any atom is -0.460 e. The van der Waals surface area contributed by atoms with Crippen molar-refractivity contribution in [3.63, 3.8) is 0 Å². The van der Waals surface area contributed by atoms with E-state index in [0.29, 0.717) is 6.47 Å². The molecule has 1 unspecified atom stereocenters. The van der Waals surface area contributed by atoms with Crippen LogP contribution in [-0.4, -0.2) is 24.1 Å². The molecule has 1 heterocycles. The Morgan fingerprint density at radius 2 is 2.36 bits per heavy atom. The smallest absolute Gasteiger partial charge is 0.310 e. The molecular formula is C7H10O4. The first kappa shape index (κ1) is 8.04. The standard InChI is InChI=1S/C7H10O4/c1-7(2)5(10-4-8)3-6(9)11-7/h4-5H,3H2,1-2H3. The predicted molar refractivity (Wildman–Crippen MR) is 35.7 cm³/mol. The van der Waals surface area contributed by atoms with Crippen molar-refractivity contribution in [2.24, 2.45) is 0 Å². The van der Waals surface area contributed by atoms with E-state index in [1.807, 2.05) is 0 Å². The molecule has 0 radical (unpaired) electrons. The lowest BCUT2D eigenvalue weighted by Gasteiger charge is -2.22. The Bertz CT molecular complexity index is 185. The maximum absolute atomic E-state index is 10.7. The average Bonchev–Trinajstić information content (AvgIpc) is 2.07. The lowest BCUT2D eigenvalue weighted by atomic mass is 10.0. The Balaban J connectivity index is 2.65. The van der Waals surface area contributed by atoms with Crippen LogP contribution in [0.25, 0.3) is 0 Å². The molecule has 4 heteroatoms. The van der Waals surface area contributed by atoms with Crippen molar-refractivity contribution in [2.45, 2.75) is 32.0 Å². The highest BCUT2D eigenvalue weighted by molar-refractivity contribution is 5.73. The summed E-state index contributed by atoms with van der Waals surface area (Å²) < 4.78 is 9.55. The summed E-state index contributed by atoms with van der Waals surface area (Å²) in [4.78, 5) is 20.7. The molecule has 0 aromatic heterocycles. The van der Waals surface area contributed by atoms with E-state index in [1.165, 1.54) is 0 Å². The molecule has 1 aliphatic rings. The number of esters is 1. The Kier molecular flexibility index (Phi) is 1.85. The maximum Gasteiger partial charge on any atom is 0.310 e. The van der Waals surface area contributed by atoms with Gasteiger partial charge in [0.15, 0.2) is 6.10 Å². The van der Waals surface area contributed by atoms with Gasteiger partial charge in [-0.05, 0) is 13.8 Å². The summed E-state index contributed by atoms with van der Waals surface area (Å²) in [5.74, 6) is -0.318. The highest BCUT2D eigenvalue weighted by atomic mass is 16.6. The van der Waals surface area contributed by atoms with Crippen LogP contribution >= 0.6 is 0 Å². The van der Waals surface area contributed by atoms with Crippen molar-refractivity contribution in [1.82, 2.24) is 0 Å². The van der Waals surface area contributed by atoms with E-state index in [4.69, 9.17) is 4.74 Å². The van der Waals surface area contributed by atoms with Crippen LogP contribution in [0.3, 0.4) is 0 Å². The zero-order valence-electron chi connectivity index (χ0n) is 6.49. The van der Waals surface area contributed by atoms with Crippen molar-refractivity contribution in [2.75, 3.05) is 0 Å². The molecule has 1 saturated heterocycles. The third-order valence-electron chi connectivity index (χ3n) is 1.72. The summed E-state index contributed by atoms with van der Waals surface area (Å²) in [6.07, 6.45) is -0.279. The number of hydrogen-bond donors (Lipinski definition) is 0. The van der Waals surface area contributed by atoms with E-state index in [-0.39, 0.29) is 12.4 Å². The molecule has 0 amide bonds. The molecule has 0 spiro atoms. The largest absolute Gasteiger partial charge is 0.460 e. The third kappa shape index (κ3) is 1.50. The first-order chi connectivity index (χ1) is 5.06. The van der Waals surface area contributed by atoms with Crippen molar-refractivity contribution in [1.29, 1.82) is 0 Å². The number of cyclic esters (lactones) is 1. The predicted octanol–water partition coefficient (Wildman–Crippen LogP) is 0.254. The minimum absolute atomic E-state index is 0.158. The molecule has 0 saturated carbocycles. The van der Waals surface area contributed by atoms with Crippen molar-refractivity contribution >= 4 is 12.4 Å². The van der Waals surface area contributed by atoms with Crippen LogP contribution in [0.4, 0.5) is 0 Å². The fourth-order valence-corrected chi connectivity index (χ4v) is 1.08. The second-order valence-corrected chi connectivity index (χ2v) is 3.00. The Labute approximate surface area is 64.5 Å². The summed E-state index contributed by atoms with van der Waals surface area (Å²) in [5, 5.41) is 0. The maximum atomic E-state index is 10.7. The van der Waals surface area contributed by atoms with E-state index in [9.17, 15) is 9.59 Å². The Morgan fingerprint density at radius 3 is 2.73 bits per heavy atom.